The van der Waals surface area contributed by atoms with Crippen LogP contribution in [0.4, 0.5) is 0 Å². The standard InChI is InChI=1S/C24H32O5/c1-22(2)18-9-12-24(4,27)19(23(18,3)11-10-20(22)25)14-28-16-7-5-15-6-8-21(26)29-17(15)13-16/h5-8,13,18-20,25,27H,9-12,14H2,1-4H3/t18?,19-,20?,23?,24-/m0/s1. The summed E-state index contributed by atoms with van der Waals surface area (Å²) in [4.78, 5) is 11.5. The highest BCUT2D eigenvalue weighted by Crippen LogP contribution is 2.61. The molecule has 1 aromatic carbocycles. The first kappa shape index (κ1) is 20.4. The van der Waals surface area contributed by atoms with E-state index in [0.29, 0.717) is 30.3 Å². The smallest absolute Gasteiger partial charge is 0.336 e. The molecule has 4 rings (SSSR count). The number of hydrogen-bond donors (Lipinski definition) is 2. The Morgan fingerprint density at radius 1 is 1.10 bits per heavy atom. The Balaban J connectivity index is 1.61. The zero-order chi connectivity index (χ0) is 21.0. The molecule has 0 spiro atoms. The van der Waals surface area contributed by atoms with Gasteiger partial charge in [-0.25, -0.2) is 4.79 Å². The van der Waals surface area contributed by atoms with Crippen LogP contribution in [-0.4, -0.2) is 28.5 Å². The van der Waals surface area contributed by atoms with Crippen molar-refractivity contribution >= 4 is 11.0 Å². The van der Waals surface area contributed by atoms with Gasteiger partial charge in [0.05, 0.1) is 18.3 Å². The van der Waals surface area contributed by atoms with Gasteiger partial charge in [-0.15, -0.1) is 0 Å². The third-order valence-corrected chi connectivity index (χ3v) is 8.01. The second-order valence-corrected chi connectivity index (χ2v) is 10.1. The SMILES string of the molecule is CC1(C)C(O)CCC2(C)C1CC[C@](C)(O)[C@H]2COc1ccc2ccc(=O)oc2c1. The maximum atomic E-state index is 11.5. The van der Waals surface area contributed by atoms with Crippen molar-refractivity contribution in [2.45, 2.75) is 65.1 Å². The summed E-state index contributed by atoms with van der Waals surface area (Å²) in [5.74, 6) is 0.893. The molecule has 2 fully saturated rings. The molecule has 1 heterocycles. The van der Waals surface area contributed by atoms with E-state index in [2.05, 4.69) is 20.8 Å². The van der Waals surface area contributed by atoms with Gasteiger partial charge in [0.15, 0.2) is 0 Å². The summed E-state index contributed by atoms with van der Waals surface area (Å²) in [7, 11) is 0. The molecule has 3 unspecified atom stereocenters. The van der Waals surface area contributed by atoms with E-state index in [4.69, 9.17) is 9.15 Å². The van der Waals surface area contributed by atoms with E-state index in [0.717, 1.165) is 24.6 Å². The van der Waals surface area contributed by atoms with E-state index in [1.807, 2.05) is 19.1 Å². The minimum atomic E-state index is -0.826. The van der Waals surface area contributed by atoms with Crippen LogP contribution in [0.3, 0.4) is 0 Å². The summed E-state index contributed by atoms with van der Waals surface area (Å²) in [6.45, 7) is 8.87. The Morgan fingerprint density at radius 2 is 1.83 bits per heavy atom. The van der Waals surface area contributed by atoms with Crippen LogP contribution in [0.25, 0.3) is 11.0 Å². The predicted octanol–water partition coefficient (Wildman–Crippen LogP) is 4.14. The highest BCUT2D eigenvalue weighted by atomic mass is 16.5. The van der Waals surface area contributed by atoms with Crippen LogP contribution in [-0.2, 0) is 0 Å². The lowest BCUT2D eigenvalue weighted by molar-refractivity contribution is -0.201. The van der Waals surface area contributed by atoms with E-state index in [9.17, 15) is 15.0 Å². The molecule has 29 heavy (non-hydrogen) atoms. The first-order chi connectivity index (χ1) is 13.5. The number of fused-ring (bicyclic) bond motifs is 2. The summed E-state index contributed by atoms with van der Waals surface area (Å²) >= 11 is 0. The van der Waals surface area contributed by atoms with Crippen LogP contribution in [0.1, 0.15) is 53.4 Å². The van der Waals surface area contributed by atoms with Gasteiger partial charge in [-0.2, -0.15) is 0 Å². The van der Waals surface area contributed by atoms with Gasteiger partial charge in [0, 0.05) is 23.4 Å². The monoisotopic (exact) mass is 400 g/mol. The normalized spacial score (nSPS) is 36.6. The van der Waals surface area contributed by atoms with Crippen molar-refractivity contribution in [2.75, 3.05) is 6.61 Å². The van der Waals surface area contributed by atoms with Crippen LogP contribution in [0, 0.1) is 22.7 Å². The number of benzene rings is 1. The molecule has 2 aromatic rings. The van der Waals surface area contributed by atoms with E-state index >= 15 is 0 Å². The fraction of sp³-hybridized carbons (Fsp3) is 0.625. The molecule has 2 aliphatic rings. The van der Waals surface area contributed by atoms with Crippen LogP contribution in [0.15, 0.2) is 39.5 Å². The second kappa shape index (κ2) is 6.85. The Labute approximate surface area is 171 Å². The number of rotatable bonds is 3. The molecule has 0 saturated heterocycles. The molecule has 5 nitrogen and oxygen atoms in total. The number of aliphatic hydroxyl groups excluding tert-OH is 1. The summed E-state index contributed by atoms with van der Waals surface area (Å²) in [6, 6.07) is 8.62. The van der Waals surface area contributed by atoms with Crippen molar-refractivity contribution in [1.82, 2.24) is 0 Å². The molecular formula is C24H32O5. The van der Waals surface area contributed by atoms with Gasteiger partial charge < -0.3 is 19.4 Å². The minimum Gasteiger partial charge on any atom is -0.493 e. The fourth-order valence-corrected chi connectivity index (χ4v) is 6.20. The molecule has 2 N–H and O–H groups in total. The molecule has 5 atom stereocenters. The van der Waals surface area contributed by atoms with Crippen molar-refractivity contribution in [3.63, 3.8) is 0 Å². The molecule has 0 aliphatic heterocycles. The highest BCUT2D eigenvalue weighted by molar-refractivity contribution is 5.77. The topological polar surface area (TPSA) is 79.9 Å². The molecule has 1 aromatic heterocycles. The lowest BCUT2D eigenvalue weighted by Crippen LogP contribution is -2.61. The number of aliphatic hydroxyl groups is 2. The lowest BCUT2D eigenvalue weighted by atomic mass is 9.45. The lowest BCUT2D eigenvalue weighted by Gasteiger charge is -2.62. The minimum absolute atomic E-state index is 0.0565. The van der Waals surface area contributed by atoms with Gasteiger partial charge in [0.1, 0.15) is 11.3 Å². The van der Waals surface area contributed by atoms with Gasteiger partial charge in [-0.05, 0) is 67.6 Å². The summed E-state index contributed by atoms with van der Waals surface area (Å²) in [5.41, 5.74) is -1.02. The van der Waals surface area contributed by atoms with E-state index in [1.165, 1.54) is 6.07 Å². The third kappa shape index (κ3) is 3.38. The molecule has 0 bridgehead atoms. The Morgan fingerprint density at radius 3 is 2.59 bits per heavy atom. The number of ether oxygens (including phenoxy) is 1. The molecule has 5 heteroatoms. The summed E-state index contributed by atoms with van der Waals surface area (Å²) in [5, 5.41) is 22.7. The molecule has 158 valence electrons. The third-order valence-electron chi connectivity index (χ3n) is 8.01. The average Bonchev–Trinajstić information content (AvgIpc) is 2.64. The second-order valence-electron chi connectivity index (χ2n) is 10.1. The maximum Gasteiger partial charge on any atom is 0.336 e. The summed E-state index contributed by atoms with van der Waals surface area (Å²) in [6.07, 6.45) is 2.91. The predicted molar refractivity (Wildman–Crippen MR) is 112 cm³/mol. The fourth-order valence-electron chi connectivity index (χ4n) is 6.20. The Kier molecular flexibility index (Phi) is 4.82. The van der Waals surface area contributed by atoms with Gasteiger partial charge >= 0.3 is 5.63 Å². The van der Waals surface area contributed by atoms with Crippen LogP contribution >= 0.6 is 0 Å². The Hall–Kier alpha value is -1.85. The molecular weight excluding hydrogens is 368 g/mol. The molecule has 0 radical (unpaired) electrons. The quantitative estimate of drug-likeness (QED) is 0.757. The first-order valence-electron chi connectivity index (χ1n) is 10.6. The van der Waals surface area contributed by atoms with E-state index < -0.39 is 5.60 Å². The van der Waals surface area contributed by atoms with Crippen molar-refractivity contribution in [3.05, 3.63) is 40.8 Å². The number of hydrogen-bond acceptors (Lipinski definition) is 5. The van der Waals surface area contributed by atoms with Crippen molar-refractivity contribution < 1.29 is 19.4 Å². The van der Waals surface area contributed by atoms with E-state index in [1.54, 1.807) is 12.1 Å². The molecule has 0 amide bonds. The zero-order valence-electron chi connectivity index (χ0n) is 17.8. The van der Waals surface area contributed by atoms with Crippen molar-refractivity contribution in [1.29, 1.82) is 0 Å². The highest BCUT2D eigenvalue weighted by Gasteiger charge is 2.60. The van der Waals surface area contributed by atoms with Crippen LogP contribution in [0.5, 0.6) is 5.75 Å². The van der Waals surface area contributed by atoms with Crippen molar-refractivity contribution in [2.24, 2.45) is 22.7 Å². The van der Waals surface area contributed by atoms with Crippen molar-refractivity contribution in [3.8, 4) is 5.75 Å². The molecule has 2 saturated carbocycles. The van der Waals surface area contributed by atoms with Crippen LogP contribution in [0.2, 0.25) is 0 Å². The Bertz CT molecular complexity index is 959. The largest absolute Gasteiger partial charge is 0.493 e. The van der Waals surface area contributed by atoms with Gasteiger partial charge in [0.25, 0.3) is 0 Å². The van der Waals surface area contributed by atoms with E-state index in [-0.39, 0.29) is 28.5 Å². The van der Waals surface area contributed by atoms with Gasteiger partial charge in [-0.1, -0.05) is 20.8 Å². The first-order valence-corrected chi connectivity index (χ1v) is 10.6. The van der Waals surface area contributed by atoms with Gasteiger partial charge in [0.2, 0.25) is 0 Å². The average molecular weight is 401 g/mol. The van der Waals surface area contributed by atoms with Gasteiger partial charge in [-0.3, -0.25) is 0 Å². The maximum absolute atomic E-state index is 11.5. The molecule has 2 aliphatic carbocycles. The summed E-state index contributed by atoms with van der Waals surface area (Å²) < 4.78 is 11.4. The van der Waals surface area contributed by atoms with Crippen LogP contribution < -0.4 is 10.4 Å². The zero-order valence-corrected chi connectivity index (χ0v) is 17.8.